The van der Waals surface area contributed by atoms with Crippen molar-refractivity contribution in [2.75, 3.05) is 5.32 Å². The normalized spacial score (nSPS) is 11.9. The Morgan fingerprint density at radius 2 is 2.30 bits per heavy atom. The molecule has 0 bridgehead atoms. The number of anilines is 1. The van der Waals surface area contributed by atoms with Crippen molar-refractivity contribution in [2.24, 2.45) is 5.73 Å². The number of aromatic nitrogens is 1. The van der Waals surface area contributed by atoms with Gasteiger partial charge in [0.15, 0.2) is 0 Å². The molecule has 1 heterocycles. The van der Waals surface area contributed by atoms with Crippen LogP contribution in [0.25, 0.3) is 0 Å². The van der Waals surface area contributed by atoms with E-state index in [2.05, 4.69) is 10.3 Å². The van der Waals surface area contributed by atoms with E-state index in [1.54, 1.807) is 18.4 Å². The zero-order chi connectivity index (χ0) is 14.7. The molecule has 0 aliphatic heterocycles. The fourth-order valence-corrected chi connectivity index (χ4v) is 2.25. The van der Waals surface area contributed by atoms with Gasteiger partial charge in [-0.25, -0.2) is 4.98 Å². The number of nitro groups is 1. The zero-order valence-corrected chi connectivity index (χ0v) is 11.4. The van der Waals surface area contributed by atoms with E-state index in [1.165, 1.54) is 29.5 Å². The summed E-state index contributed by atoms with van der Waals surface area (Å²) in [5.74, 6) is -0.423. The molecular formula is C12H12N4O3S. The number of non-ortho nitro benzene ring substituents is 1. The Kier molecular flexibility index (Phi) is 4.06. The fraction of sp³-hybridized carbons (Fsp3) is 0.167. The van der Waals surface area contributed by atoms with Crippen LogP contribution in [0.1, 0.15) is 28.5 Å². The van der Waals surface area contributed by atoms with Crippen LogP contribution in [0.15, 0.2) is 29.6 Å². The van der Waals surface area contributed by atoms with E-state index >= 15 is 0 Å². The largest absolute Gasteiger partial charge is 0.322 e. The van der Waals surface area contributed by atoms with E-state index < -0.39 is 10.8 Å². The summed E-state index contributed by atoms with van der Waals surface area (Å²) < 4.78 is 0. The highest BCUT2D eigenvalue weighted by Gasteiger charge is 2.14. The second-order valence-corrected chi connectivity index (χ2v) is 5.01. The van der Waals surface area contributed by atoms with Crippen molar-refractivity contribution in [1.29, 1.82) is 0 Å². The second-order valence-electron chi connectivity index (χ2n) is 4.12. The molecule has 1 unspecified atom stereocenters. The lowest BCUT2D eigenvalue weighted by Gasteiger charge is -2.03. The van der Waals surface area contributed by atoms with E-state index in [0.29, 0.717) is 10.7 Å². The van der Waals surface area contributed by atoms with Crippen molar-refractivity contribution >= 4 is 28.6 Å². The molecule has 1 atom stereocenters. The Labute approximate surface area is 118 Å². The molecule has 0 fully saturated rings. The van der Waals surface area contributed by atoms with Gasteiger partial charge in [0.05, 0.1) is 11.0 Å². The first kappa shape index (κ1) is 14.1. The van der Waals surface area contributed by atoms with Crippen LogP contribution in [0, 0.1) is 10.1 Å². The van der Waals surface area contributed by atoms with Gasteiger partial charge in [-0.15, -0.1) is 11.3 Å². The lowest BCUT2D eigenvalue weighted by molar-refractivity contribution is -0.384. The molecule has 0 aliphatic rings. The van der Waals surface area contributed by atoms with Crippen LogP contribution in [-0.4, -0.2) is 15.8 Å². The van der Waals surface area contributed by atoms with Gasteiger partial charge in [-0.3, -0.25) is 14.9 Å². The summed E-state index contributed by atoms with van der Waals surface area (Å²) in [7, 11) is 0. The first-order chi connectivity index (χ1) is 9.47. The standard InChI is InChI=1S/C12H12N4O3S/c1-7(13)12-15-10(6-20-12)11(17)14-8-3-2-4-9(5-8)16(18)19/h2-7H,13H2,1H3,(H,14,17). The zero-order valence-electron chi connectivity index (χ0n) is 10.6. The van der Waals surface area contributed by atoms with E-state index in [9.17, 15) is 14.9 Å². The summed E-state index contributed by atoms with van der Waals surface area (Å²) in [6, 6.07) is 5.48. The smallest absolute Gasteiger partial charge is 0.275 e. The van der Waals surface area contributed by atoms with Crippen LogP contribution in [0.2, 0.25) is 0 Å². The van der Waals surface area contributed by atoms with Crippen molar-refractivity contribution < 1.29 is 9.72 Å². The van der Waals surface area contributed by atoms with Gasteiger partial charge in [0.1, 0.15) is 10.7 Å². The Morgan fingerprint density at radius 3 is 2.90 bits per heavy atom. The number of thiazole rings is 1. The predicted molar refractivity (Wildman–Crippen MR) is 75.8 cm³/mol. The molecule has 1 aromatic heterocycles. The van der Waals surface area contributed by atoms with Gasteiger partial charge in [-0.2, -0.15) is 0 Å². The molecule has 2 rings (SSSR count). The van der Waals surface area contributed by atoms with Crippen molar-refractivity contribution in [2.45, 2.75) is 13.0 Å². The van der Waals surface area contributed by atoms with Crippen molar-refractivity contribution in [3.8, 4) is 0 Å². The highest BCUT2D eigenvalue weighted by molar-refractivity contribution is 7.09. The summed E-state index contributed by atoms with van der Waals surface area (Å²) in [6.07, 6.45) is 0. The average Bonchev–Trinajstić information content (AvgIpc) is 2.88. The summed E-state index contributed by atoms with van der Waals surface area (Å²) in [4.78, 5) is 26.2. The summed E-state index contributed by atoms with van der Waals surface area (Å²) >= 11 is 1.30. The van der Waals surface area contributed by atoms with Crippen LogP contribution < -0.4 is 11.1 Å². The number of rotatable bonds is 4. The number of carbonyl (C=O) groups excluding carboxylic acids is 1. The molecular weight excluding hydrogens is 280 g/mol. The molecule has 1 amide bonds. The van der Waals surface area contributed by atoms with E-state index in [0.717, 1.165) is 0 Å². The molecule has 20 heavy (non-hydrogen) atoms. The lowest BCUT2D eigenvalue weighted by Crippen LogP contribution is -2.13. The third-order valence-corrected chi connectivity index (χ3v) is 3.50. The average molecular weight is 292 g/mol. The molecule has 3 N–H and O–H groups in total. The monoisotopic (exact) mass is 292 g/mol. The third-order valence-electron chi connectivity index (χ3n) is 2.46. The number of benzene rings is 1. The van der Waals surface area contributed by atoms with Gasteiger partial charge >= 0.3 is 0 Å². The van der Waals surface area contributed by atoms with Crippen molar-refractivity contribution in [3.05, 3.63) is 50.5 Å². The van der Waals surface area contributed by atoms with Gasteiger partial charge in [-0.1, -0.05) is 6.07 Å². The van der Waals surface area contributed by atoms with Gasteiger partial charge < -0.3 is 11.1 Å². The maximum absolute atomic E-state index is 12.0. The van der Waals surface area contributed by atoms with E-state index in [-0.39, 0.29) is 17.4 Å². The maximum atomic E-state index is 12.0. The molecule has 0 aliphatic carbocycles. The molecule has 0 spiro atoms. The number of carbonyl (C=O) groups is 1. The minimum absolute atomic E-state index is 0.0858. The molecule has 0 saturated carbocycles. The SMILES string of the molecule is CC(N)c1nc(C(=O)Nc2cccc([N+](=O)[O-])c2)cs1. The molecule has 7 nitrogen and oxygen atoms in total. The minimum Gasteiger partial charge on any atom is -0.322 e. The maximum Gasteiger partial charge on any atom is 0.275 e. The van der Waals surface area contributed by atoms with Crippen molar-refractivity contribution in [3.63, 3.8) is 0 Å². The van der Waals surface area contributed by atoms with E-state index in [4.69, 9.17) is 5.73 Å². The predicted octanol–water partition coefficient (Wildman–Crippen LogP) is 2.32. The fourth-order valence-electron chi connectivity index (χ4n) is 1.49. The van der Waals surface area contributed by atoms with E-state index in [1.807, 2.05) is 0 Å². The number of nitrogens with two attached hydrogens (primary N) is 1. The van der Waals surface area contributed by atoms with Gasteiger partial charge in [0, 0.05) is 23.2 Å². The molecule has 2 aromatic rings. The van der Waals surface area contributed by atoms with Crippen LogP contribution in [0.3, 0.4) is 0 Å². The third kappa shape index (κ3) is 3.16. The van der Waals surface area contributed by atoms with Crippen LogP contribution >= 0.6 is 11.3 Å². The number of amides is 1. The number of nitrogens with one attached hydrogen (secondary N) is 1. The minimum atomic E-state index is -0.521. The molecule has 0 radical (unpaired) electrons. The summed E-state index contributed by atoms with van der Waals surface area (Å²) in [6.45, 7) is 1.78. The van der Waals surface area contributed by atoms with Gasteiger partial charge in [-0.05, 0) is 13.0 Å². The van der Waals surface area contributed by atoms with Gasteiger partial charge in [0.2, 0.25) is 0 Å². The first-order valence-electron chi connectivity index (χ1n) is 5.74. The quantitative estimate of drug-likeness (QED) is 0.663. The molecule has 8 heteroatoms. The highest BCUT2D eigenvalue weighted by atomic mass is 32.1. The molecule has 104 valence electrons. The lowest BCUT2D eigenvalue weighted by atomic mass is 10.2. The summed E-state index contributed by atoms with van der Waals surface area (Å²) in [5, 5.41) is 15.5. The number of hydrogen-bond acceptors (Lipinski definition) is 6. The number of hydrogen-bond donors (Lipinski definition) is 2. The highest BCUT2D eigenvalue weighted by Crippen LogP contribution is 2.19. The Balaban J connectivity index is 2.14. The topological polar surface area (TPSA) is 111 Å². The van der Waals surface area contributed by atoms with Gasteiger partial charge in [0.25, 0.3) is 11.6 Å². The van der Waals surface area contributed by atoms with Crippen LogP contribution in [0.5, 0.6) is 0 Å². The number of nitro benzene ring substituents is 1. The Hall–Kier alpha value is -2.32. The first-order valence-corrected chi connectivity index (χ1v) is 6.62. The number of nitrogens with zero attached hydrogens (tertiary/aromatic N) is 2. The Bertz CT molecular complexity index is 654. The molecule has 0 saturated heterocycles. The second kappa shape index (κ2) is 5.76. The van der Waals surface area contributed by atoms with Crippen LogP contribution in [-0.2, 0) is 0 Å². The summed E-state index contributed by atoms with van der Waals surface area (Å²) in [5.41, 5.74) is 6.18. The van der Waals surface area contributed by atoms with Crippen LogP contribution in [0.4, 0.5) is 11.4 Å². The van der Waals surface area contributed by atoms with Crippen molar-refractivity contribution in [1.82, 2.24) is 4.98 Å². The molecule has 1 aromatic carbocycles. The Morgan fingerprint density at radius 1 is 1.55 bits per heavy atom.